The fourth-order valence-electron chi connectivity index (χ4n) is 14.0. The first-order valence-corrected chi connectivity index (χ1v) is 30.7. The van der Waals surface area contributed by atoms with Crippen molar-refractivity contribution in [1.82, 2.24) is 0 Å². The van der Waals surface area contributed by atoms with Gasteiger partial charge in [0.25, 0.3) is 6.71 Å². The Labute approximate surface area is 505 Å². The lowest BCUT2D eigenvalue weighted by Gasteiger charge is -2.45. The molecule has 0 spiro atoms. The van der Waals surface area contributed by atoms with Crippen molar-refractivity contribution in [3.05, 3.63) is 228 Å². The Morgan fingerprint density at radius 2 is 0.882 bits per heavy atom. The van der Waals surface area contributed by atoms with Crippen LogP contribution in [0.25, 0.3) is 33.0 Å². The molecular weight excluding hydrogens is 1030 g/mol. The average molecular weight is 1110 g/mol. The van der Waals surface area contributed by atoms with Gasteiger partial charge in [0.05, 0.1) is 5.69 Å². The minimum absolute atomic E-state index is 0.00446. The van der Waals surface area contributed by atoms with E-state index in [1.165, 1.54) is 83.0 Å². The molecule has 0 N–H and O–H groups in total. The predicted molar refractivity (Wildman–Crippen MR) is 361 cm³/mol. The maximum Gasteiger partial charge on any atom is 0.252 e. The summed E-state index contributed by atoms with van der Waals surface area (Å²) in [4.78, 5) is 7.55. The lowest BCUT2D eigenvalue weighted by atomic mass is 9.33. The highest BCUT2D eigenvalue weighted by Gasteiger charge is 2.46. The van der Waals surface area contributed by atoms with Crippen molar-refractivity contribution in [2.45, 2.75) is 124 Å². The largest absolute Gasteiger partial charge is 0.486 e. The molecule has 0 bridgehead atoms. The van der Waals surface area contributed by atoms with E-state index in [9.17, 15) is 0 Å². The summed E-state index contributed by atoms with van der Waals surface area (Å²) in [5.41, 5.74) is 26.5. The Kier molecular flexibility index (Phi) is 12.3. The van der Waals surface area contributed by atoms with E-state index < -0.39 is 0 Å². The van der Waals surface area contributed by atoms with Gasteiger partial charge in [0.2, 0.25) is 0 Å². The number of fused-ring (bicyclic) bond motifs is 10. The van der Waals surface area contributed by atoms with E-state index in [1.54, 1.807) is 0 Å². The van der Waals surface area contributed by atoms with Gasteiger partial charge < -0.3 is 24.2 Å². The molecule has 6 heteroatoms. The van der Waals surface area contributed by atoms with Crippen molar-refractivity contribution >= 4 is 85.1 Å². The fourth-order valence-corrected chi connectivity index (χ4v) is 14.0. The number of hydrogen-bond donors (Lipinski definition) is 0. The van der Waals surface area contributed by atoms with Crippen LogP contribution >= 0.6 is 0 Å². The topological polar surface area (TPSA) is 28.2 Å². The minimum Gasteiger partial charge on any atom is -0.486 e. The van der Waals surface area contributed by atoms with E-state index in [-0.39, 0.29) is 33.8 Å². The Bertz CT molecular complexity index is 4300. The van der Waals surface area contributed by atoms with Gasteiger partial charge in [-0.3, -0.25) is 0 Å². The summed E-state index contributed by atoms with van der Waals surface area (Å²) in [6.07, 6.45) is 0. The van der Waals surface area contributed by atoms with E-state index in [1.807, 2.05) is 0 Å². The van der Waals surface area contributed by atoms with Crippen LogP contribution in [-0.4, -0.2) is 19.9 Å². The molecule has 1 aliphatic carbocycles. The molecule has 0 aromatic heterocycles. The van der Waals surface area contributed by atoms with Crippen molar-refractivity contribution in [2.24, 2.45) is 0 Å². The standard InChI is InChI=1S/C79H78BN3O2/c1-75(2,3)51-25-34-56(35-26-51)81(67-46-63-73(60-20-16-15-19-59(60)67)61-21-17-18-22-62(61)79(63,13)14)55-32-23-49(24-33-55)50-43-69-74-70(44-50)83(58-38-29-53(30-39-58)77(7,8)9)68-48-72-71(84-41-42-85-72)47-65(68)80(74)64-45-54(78(10,11)12)31-40-66(64)82(69)57-36-27-52(28-37-57)76(4,5)6/h15-40,43-48H,41-42H2,1-14H3. The molecule has 0 saturated heterocycles. The van der Waals surface area contributed by atoms with Crippen molar-refractivity contribution in [1.29, 1.82) is 0 Å². The van der Waals surface area contributed by atoms with Gasteiger partial charge in [-0.2, -0.15) is 0 Å². The smallest absolute Gasteiger partial charge is 0.252 e. The number of ether oxygens (including phenoxy) is 2. The second kappa shape index (κ2) is 19.3. The molecule has 0 saturated carbocycles. The van der Waals surface area contributed by atoms with Gasteiger partial charge in [0.1, 0.15) is 13.2 Å². The lowest BCUT2D eigenvalue weighted by molar-refractivity contribution is 0.172. The molecular formula is C79H78BN3O2. The van der Waals surface area contributed by atoms with Crippen molar-refractivity contribution < 1.29 is 9.47 Å². The highest BCUT2D eigenvalue weighted by Crippen LogP contribution is 2.55. The van der Waals surface area contributed by atoms with Crippen LogP contribution in [0.2, 0.25) is 0 Å². The third kappa shape index (κ3) is 8.95. The molecule has 0 amide bonds. The Morgan fingerprint density at radius 3 is 1.45 bits per heavy atom. The first-order chi connectivity index (χ1) is 40.4. The molecule has 10 aromatic carbocycles. The number of nitrogens with zero attached hydrogens (tertiary/aromatic N) is 3. The zero-order chi connectivity index (χ0) is 59.3. The van der Waals surface area contributed by atoms with Crippen LogP contribution in [0.5, 0.6) is 11.5 Å². The maximum atomic E-state index is 6.49. The predicted octanol–water partition coefficient (Wildman–Crippen LogP) is 19.3. The highest BCUT2D eigenvalue weighted by atomic mass is 16.6. The molecule has 0 radical (unpaired) electrons. The molecule has 4 aliphatic rings. The molecule has 0 unspecified atom stereocenters. The molecule has 3 heterocycles. The lowest BCUT2D eigenvalue weighted by Crippen LogP contribution is -2.61. The zero-order valence-corrected chi connectivity index (χ0v) is 52.1. The first kappa shape index (κ1) is 54.5. The SMILES string of the molecule is CC(C)(C)c1ccc(N2c3ccc(C(C)(C)C)cc3B3c4cc5c(cc4N(c4ccc(C(C)(C)C)cc4)c4cc(-c6ccc(N(c7ccc(C(C)(C)C)cc7)c7cc8c(c9ccccc79)-c7ccccc7C8(C)C)cc6)cc2c43)OCCO5)cc1. The molecule has 424 valence electrons. The first-order valence-electron chi connectivity index (χ1n) is 30.7. The van der Waals surface area contributed by atoms with Gasteiger partial charge in [-0.25, -0.2) is 0 Å². The second-order valence-electron chi connectivity index (χ2n) is 28.9. The summed E-state index contributed by atoms with van der Waals surface area (Å²) in [7, 11) is 0. The van der Waals surface area contributed by atoms with Crippen LogP contribution in [-0.2, 0) is 27.1 Å². The summed E-state index contributed by atoms with van der Waals surface area (Å²) in [5, 5.41) is 2.50. The highest BCUT2D eigenvalue weighted by molar-refractivity contribution is 7.00. The van der Waals surface area contributed by atoms with Crippen molar-refractivity contribution in [3.8, 4) is 33.8 Å². The van der Waals surface area contributed by atoms with Gasteiger partial charge in [-0.05, 0) is 178 Å². The number of benzene rings is 10. The van der Waals surface area contributed by atoms with Gasteiger partial charge >= 0.3 is 0 Å². The molecule has 3 aliphatic heterocycles. The van der Waals surface area contributed by atoms with Gasteiger partial charge in [-0.15, -0.1) is 0 Å². The Hall–Kier alpha value is -8.48. The molecule has 10 aromatic rings. The summed E-state index contributed by atoms with van der Waals surface area (Å²) >= 11 is 0. The normalized spacial score (nSPS) is 14.8. The maximum absolute atomic E-state index is 6.49. The van der Waals surface area contributed by atoms with Crippen LogP contribution < -0.4 is 40.6 Å². The minimum atomic E-state index is -0.191. The summed E-state index contributed by atoms with van der Waals surface area (Å²) < 4.78 is 13.0. The van der Waals surface area contributed by atoms with E-state index in [2.05, 4.69) is 306 Å². The zero-order valence-electron chi connectivity index (χ0n) is 52.1. The van der Waals surface area contributed by atoms with Gasteiger partial charge in [0.15, 0.2) is 11.5 Å². The molecule has 14 rings (SSSR count). The summed E-state index contributed by atoms with van der Waals surface area (Å²) in [6.45, 7) is 33.3. The van der Waals surface area contributed by atoms with Crippen LogP contribution in [0.1, 0.15) is 130 Å². The number of anilines is 9. The molecule has 0 atom stereocenters. The molecule has 85 heavy (non-hydrogen) atoms. The van der Waals surface area contributed by atoms with Gasteiger partial charge in [0, 0.05) is 62.4 Å². The van der Waals surface area contributed by atoms with Crippen LogP contribution in [0, 0.1) is 0 Å². The van der Waals surface area contributed by atoms with Crippen LogP contribution in [0.3, 0.4) is 0 Å². The third-order valence-electron chi connectivity index (χ3n) is 18.8. The van der Waals surface area contributed by atoms with E-state index in [0.29, 0.717) is 13.2 Å². The third-order valence-corrected chi connectivity index (χ3v) is 18.8. The van der Waals surface area contributed by atoms with Crippen molar-refractivity contribution in [3.63, 3.8) is 0 Å². The quantitative estimate of drug-likeness (QED) is 0.155. The Balaban J connectivity index is 1.01. The van der Waals surface area contributed by atoms with Crippen LogP contribution in [0.15, 0.2) is 194 Å². The number of rotatable bonds is 6. The van der Waals surface area contributed by atoms with Crippen molar-refractivity contribution in [2.75, 3.05) is 27.9 Å². The fraction of sp³-hybridized carbons (Fsp3) is 0.266. The average Bonchev–Trinajstić information content (AvgIpc) is 1.03. The molecule has 5 nitrogen and oxygen atoms in total. The molecule has 0 fully saturated rings. The summed E-state index contributed by atoms with van der Waals surface area (Å²) in [5.74, 6) is 1.57. The van der Waals surface area contributed by atoms with Gasteiger partial charge in [-0.1, -0.05) is 206 Å². The Morgan fingerprint density at radius 1 is 0.412 bits per heavy atom. The van der Waals surface area contributed by atoms with E-state index in [4.69, 9.17) is 9.47 Å². The van der Waals surface area contributed by atoms with E-state index >= 15 is 0 Å². The number of hydrogen-bond acceptors (Lipinski definition) is 5. The van der Waals surface area contributed by atoms with Crippen LogP contribution in [0.4, 0.5) is 51.2 Å². The monoisotopic (exact) mass is 1110 g/mol. The van der Waals surface area contributed by atoms with E-state index in [0.717, 1.165) is 62.4 Å². The summed E-state index contributed by atoms with van der Waals surface area (Å²) in [6, 6.07) is 74.5. The second-order valence-corrected chi connectivity index (χ2v) is 28.9.